The Morgan fingerprint density at radius 1 is 0.418 bits per heavy atom. The van der Waals surface area contributed by atoms with Crippen molar-refractivity contribution in [3.8, 4) is 27.9 Å². The summed E-state index contributed by atoms with van der Waals surface area (Å²) in [6.07, 6.45) is 4.34. The van der Waals surface area contributed by atoms with Crippen molar-refractivity contribution in [1.82, 2.24) is 4.57 Å². The van der Waals surface area contributed by atoms with Gasteiger partial charge in [-0.2, -0.15) is 0 Å². The van der Waals surface area contributed by atoms with Gasteiger partial charge in [-0.15, -0.1) is 0 Å². The lowest BCUT2D eigenvalue weighted by Gasteiger charge is -2.25. The highest BCUT2D eigenvalue weighted by molar-refractivity contribution is 6.12. The molecule has 2 heteroatoms. The van der Waals surface area contributed by atoms with Crippen LogP contribution in [0.4, 0.5) is 17.1 Å². The number of nitrogens with zero attached hydrogens (tertiary/aromatic N) is 2. The summed E-state index contributed by atoms with van der Waals surface area (Å²) >= 11 is 0. The molecule has 0 atom stereocenters. The molecule has 0 saturated carbocycles. The Labute approximate surface area is 322 Å². The van der Waals surface area contributed by atoms with Gasteiger partial charge >= 0.3 is 0 Å². The van der Waals surface area contributed by atoms with Crippen molar-refractivity contribution in [3.05, 3.63) is 216 Å². The molecule has 8 aromatic carbocycles. The minimum atomic E-state index is -0.0540. The van der Waals surface area contributed by atoms with Crippen LogP contribution < -0.4 is 4.90 Å². The van der Waals surface area contributed by atoms with Crippen LogP contribution in [0.15, 0.2) is 194 Å². The Morgan fingerprint density at radius 2 is 0.945 bits per heavy atom. The summed E-state index contributed by atoms with van der Waals surface area (Å²) in [7, 11) is 0. The molecule has 55 heavy (non-hydrogen) atoms. The minimum absolute atomic E-state index is 0.0540. The Hall–Kier alpha value is -6.90. The monoisotopic (exact) mass is 704 g/mol. The van der Waals surface area contributed by atoms with Crippen LogP contribution in [-0.2, 0) is 5.41 Å². The highest BCUT2D eigenvalue weighted by Gasteiger charge is 2.35. The number of fused-ring (bicyclic) bond motifs is 6. The molecule has 1 aliphatic rings. The number of anilines is 3. The number of hydrogen-bond donors (Lipinski definition) is 0. The first-order valence-corrected chi connectivity index (χ1v) is 19.1. The minimum Gasteiger partial charge on any atom is -0.310 e. The summed E-state index contributed by atoms with van der Waals surface area (Å²) in [5, 5.41) is 2.45. The SMILES string of the molecule is CC1(C)c2ccccc2-c2ccc(-c3ccc4c(c3)c3cc(N(c5ccccc5)c5ccc(C=Cc6ccccc6)cc5)ccc3n4-c3ccccc3)cc21. The quantitative estimate of drug-likeness (QED) is 0.150. The maximum atomic E-state index is 2.42. The van der Waals surface area contributed by atoms with Crippen molar-refractivity contribution in [1.29, 1.82) is 0 Å². The van der Waals surface area contributed by atoms with E-state index in [-0.39, 0.29) is 5.41 Å². The lowest BCUT2D eigenvalue weighted by atomic mass is 9.81. The number of hydrogen-bond acceptors (Lipinski definition) is 1. The fourth-order valence-corrected chi connectivity index (χ4v) is 8.58. The van der Waals surface area contributed by atoms with Gasteiger partial charge in [-0.05, 0) is 117 Å². The van der Waals surface area contributed by atoms with Crippen LogP contribution in [0, 0.1) is 0 Å². The zero-order chi connectivity index (χ0) is 36.9. The molecule has 9 aromatic rings. The van der Waals surface area contributed by atoms with Crippen molar-refractivity contribution in [2.75, 3.05) is 4.90 Å². The van der Waals surface area contributed by atoms with E-state index < -0.39 is 0 Å². The second-order valence-electron chi connectivity index (χ2n) is 15.0. The van der Waals surface area contributed by atoms with Crippen LogP contribution in [0.2, 0.25) is 0 Å². The van der Waals surface area contributed by atoms with Gasteiger partial charge in [0.1, 0.15) is 0 Å². The second-order valence-corrected chi connectivity index (χ2v) is 15.0. The van der Waals surface area contributed by atoms with Gasteiger partial charge < -0.3 is 9.47 Å². The van der Waals surface area contributed by atoms with Gasteiger partial charge in [-0.3, -0.25) is 0 Å². The van der Waals surface area contributed by atoms with E-state index in [9.17, 15) is 0 Å². The molecular formula is C53H40N2. The molecule has 0 N–H and O–H groups in total. The summed E-state index contributed by atoms with van der Waals surface area (Å²) in [5.41, 5.74) is 17.1. The highest BCUT2D eigenvalue weighted by Crippen LogP contribution is 2.50. The van der Waals surface area contributed by atoms with Gasteiger partial charge in [0.05, 0.1) is 11.0 Å². The normalized spacial score (nSPS) is 13.0. The molecule has 2 nitrogen and oxygen atoms in total. The van der Waals surface area contributed by atoms with E-state index in [1.54, 1.807) is 0 Å². The molecule has 0 radical (unpaired) electrons. The third-order valence-electron chi connectivity index (χ3n) is 11.4. The van der Waals surface area contributed by atoms with E-state index in [1.807, 2.05) is 6.07 Å². The number of benzene rings is 8. The molecule has 0 amide bonds. The van der Waals surface area contributed by atoms with Gasteiger partial charge in [-0.25, -0.2) is 0 Å². The molecule has 0 bridgehead atoms. The van der Waals surface area contributed by atoms with Crippen LogP contribution in [0.3, 0.4) is 0 Å². The van der Waals surface area contributed by atoms with Crippen LogP contribution >= 0.6 is 0 Å². The van der Waals surface area contributed by atoms with Gasteiger partial charge in [0, 0.05) is 38.9 Å². The topological polar surface area (TPSA) is 8.17 Å². The Kier molecular flexibility index (Phi) is 7.85. The summed E-state index contributed by atoms with van der Waals surface area (Å²) in [6.45, 7) is 4.71. The van der Waals surface area contributed by atoms with Crippen molar-refractivity contribution >= 4 is 51.0 Å². The zero-order valence-electron chi connectivity index (χ0n) is 31.0. The fourth-order valence-electron chi connectivity index (χ4n) is 8.58. The molecule has 262 valence electrons. The Morgan fingerprint density at radius 3 is 1.69 bits per heavy atom. The lowest BCUT2D eigenvalue weighted by molar-refractivity contribution is 0.660. The average molecular weight is 705 g/mol. The first-order chi connectivity index (χ1) is 27.0. The van der Waals surface area contributed by atoms with E-state index in [0.717, 1.165) is 28.3 Å². The molecule has 0 spiro atoms. The largest absolute Gasteiger partial charge is 0.310 e. The lowest BCUT2D eigenvalue weighted by Crippen LogP contribution is -2.14. The van der Waals surface area contributed by atoms with E-state index in [0.29, 0.717) is 0 Å². The molecular weight excluding hydrogens is 665 g/mol. The van der Waals surface area contributed by atoms with E-state index in [4.69, 9.17) is 0 Å². The maximum Gasteiger partial charge on any atom is 0.0542 e. The van der Waals surface area contributed by atoms with Crippen LogP contribution in [0.1, 0.15) is 36.1 Å². The van der Waals surface area contributed by atoms with Gasteiger partial charge in [0.2, 0.25) is 0 Å². The molecule has 1 aromatic heterocycles. The molecule has 0 fully saturated rings. The average Bonchev–Trinajstić information content (AvgIpc) is 3.69. The van der Waals surface area contributed by atoms with Gasteiger partial charge in [-0.1, -0.05) is 147 Å². The molecule has 1 heterocycles. The highest BCUT2D eigenvalue weighted by atomic mass is 15.1. The molecule has 0 aliphatic heterocycles. The predicted molar refractivity (Wildman–Crippen MR) is 234 cm³/mol. The summed E-state index contributed by atoms with van der Waals surface area (Å²) < 4.78 is 2.40. The van der Waals surface area contributed by atoms with Crippen LogP contribution in [0.5, 0.6) is 0 Å². The van der Waals surface area contributed by atoms with Crippen molar-refractivity contribution in [2.24, 2.45) is 0 Å². The number of para-hydroxylation sites is 2. The van der Waals surface area contributed by atoms with Crippen molar-refractivity contribution in [2.45, 2.75) is 19.3 Å². The van der Waals surface area contributed by atoms with Gasteiger partial charge in [0.15, 0.2) is 0 Å². The predicted octanol–water partition coefficient (Wildman–Crippen LogP) is 14.4. The molecule has 0 unspecified atom stereocenters. The summed E-state index contributed by atoms with van der Waals surface area (Å²) in [5.74, 6) is 0. The maximum absolute atomic E-state index is 2.42. The van der Waals surface area contributed by atoms with E-state index in [1.165, 1.54) is 60.8 Å². The molecule has 10 rings (SSSR count). The Bertz CT molecular complexity index is 2860. The van der Waals surface area contributed by atoms with Crippen LogP contribution in [0.25, 0.3) is 61.9 Å². The zero-order valence-corrected chi connectivity index (χ0v) is 31.0. The Balaban J connectivity index is 1.12. The van der Waals surface area contributed by atoms with Crippen molar-refractivity contribution in [3.63, 3.8) is 0 Å². The van der Waals surface area contributed by atoms with E-state index in [2.05, 4.69) is 224 Å². The molecule has 0 saturated heterocycles. The fraction of sp³-hybridized carbons (Fsp3) is 0.0566. The van der Waals surface area contributed by atoms with Gasteiger partial charge in [0.25, 0.3) is 0 Å². The first kappa shape index (κ1) is 32.7. The third-order valence-corrected chi connectivity index (χ3v) is 11.4. The summed E-state index contributed by atoms with van der Waals surface area (Å²) in [6, 6.07) is 70.6. The summed E-state index contributed by atoms with van der Waals surface area (Å²) in [4.78, 5) is 2.36. The second kappa shape index (κ2) is 13.2. The number of rotatable bonds is 7. The first-order valence-electron chi connectivity index (χ1n) is 19.1. The standard InChI is InChI=1S/C53H40N2/c1-53(2)49-21-13-12-20-45(49)46-31-26-40(35-50(46)53)39-27-32-51-47(34-39)48-36-44(30-33-52(48)55(51)42-18-10-5-11-19-42)54(41-16-8-4-9-17-41)43-28-24-38(25-29-43)23-22-37-14-6-3-7-15-37/h3-36H,1-2H3. The smallest absolute Gasteiger partial charge is 0.0542 e. The number of aromatic nitrogens is 1. The van der Waals surface area contributed by atoms with Crippen LogP contribution in [-0.4, -0.2) is 4.57 Å². The third kappa shape index (κ3) is 5.66. The molecule has 1 aliphatic carbocycles. The van der Waals surface area contributed by atoms with E-state index >= 15 is 0 Å². The van der Waals surface area contributed by atoms with Crippen molar-refractivity contribution < 1.29 is 0 Å².